The van der Waals surface area contributed by atoms with E-state index in [0.29, 0.717) is 17.9 Å². The Balaban J connectivity index is 1.41. The first kappa shape index (κ1) is 24.3. The highest BCUT2D eigenvalue weighted by atomic mass is 19.2. The average molecular weight is 480 g/mol. The number of hydrogen-bond acceptors (Lipinski definition) is 5. The normalized spacial score (nSPS) is 14.1. The van der Waals surface area contributed by atoms with Gasteiger partial charge in [0.25, 0.3) is 0 Å². The van der Waals surface area contributed by atoms with E-state index >= 15 is 0 Å². The summed E-state index contributed by atoms with van der Waals surface area (Å²) in [6.07, 6.45) is 2.40. The fourth-order valence-electron chi connectivity index (χ4n) is 4.10. The van der Waals surface area contributed by atoms with Gasteiger partial charge in [-0.3, -0.25) is 14.5 Å². The third-order valence-electron chi connectivity index (χ3n) is 5.97. The number of rotatable bonds is 8. The van der Waals surface area contributed by atoms with E-state index in [1.807, 2.05) is 23.1 Å². The Kier molecular flexibility index (Phi) is 7.67. The topological polar surface area (TPSA) is 100 Å². The van der Waals surface area contributed by atoms with Gasteiger partial charge in [0, 0.05) is 32.3 Å². The molecule has 0 aliphatic carbocycles. The first-order chi connectivity index (χ1) is 16.9. The van der Waals surface area contributed by atoms with Gasteiger partial charge in [0.2, 0.25) is 11.8 Å². The van der Waals surface area contributed by atoms with E-state index in [1.165, 1.54) is 17.2 Å². The number of pyridine rings is 1. The summed E-state index contributed by atoms with van der Waals surface area (Å²) in [4.78, 5) is 31.9. The molecule has 2 heterocycles. The number of halogens is 2. The molecule has 182 valence electrons. The molecular formula is C26H27F2N5O2. The smallest absolute Gasteiger partial charge is 0.243 e. The molecule has 1 atom stereocenters. The minimum atomic E-state index is -1.01. The van der Waals surface area contributed by atoms with Crippen molar-refractivity contribution in [1.29, 1.82) is 0 Å². The van der Waals surface area contributed by atoms with Crippen molar-refractivity contribution in [2.75, 3.05) is 18.8 Å². The van der Waals surface area contributed by atoms with E-state index in [0.717, 1.165) is 30.7 Å². The molecule has 1 aliphatic rings. The molecule has 0 fully saturated rings. The van der Waals surface area contributed by atoms with E-state index in [1.54, 1.807) is 18.3 Å². The largest absolute Gasteiger partial charge is 0.384 e. The highest BCUT2D eigenvalue weighted by molar-refractivity contribution is 5.88. The summed E-state index contributed by atoms with van der Waals surface area (Å²) in [6, 6.07) is 13.9. The fourth-order valence-corrected chi connectivity index (χ4v) is 4.10. The van der Waals surface area contributed by atoms with Crippen LogP contribution in [0.25, 0.3) is 0 Å². The van der Waals surface area contributed by atoms with Crippen molar-refractivity contribution < 1.29 is 18.4 Å². The third kappa shape index (κ3) is 6.60. The molecule has 4 N–H and O–H groups in total. The van der Waals surface area contributed by atoms with Crippen molar-refractivity contribution in [3.05, 3.63) is 94.7 Å². The molecule has 0 saturated heterocycles. The Bertz CT molecular complexity index is 1200. The van der Waals surface area contributed by atoms with Crippen molar-refractivity contribution in [2.45, 2.75) is 32.0 Å². The number of nitrogen functional groups attached to an aromatic ring is 1. The minimum absolute atomic E-state index is 0.0115. The number of aromatic nitrogens is 1. The molecule has 0 unspecified atom stereocenters. The molecule has 0 spiro atoms. The number of nitrogens with zero attached hydrogens (tertiary/aromatic N) is 2. The zero-order chi connectivity index (χ0) is 24.8. The van der Waals surface area contributed by atoms with Crippen LogP contribution in [0.15, 0.2) is 60.8 Å². The maximum Gasteiger partial charge on any atom is 0.243 e. The average Bonchev–Trinajstić information content (AvgIpc) is 2.85. The number of fused-ring (bicyclic) bond motifs is 1. The Hall–Kier alpha value is -3.85. The van der Waals surface area contributed by atoms with Crippen LogP contribution in [-0.4, -0.2) is 40.8 Å². The van der Waals surface area contributed by atoms with E-state index in [2.05, 4.69) is 21.7 Å². The first-order valence-corrected chi connectivity index (χ1v) is 11.4. The Labute approximate surface area is 202 Å². The standard InChI is InChI=1S/C26H27F2N5O2/c27-21-7-5-17(11-22(21)28)12-23(26(35)31-14-18-6-8-24(29)30-13-18)32-25(34)16-33-10-9-19-3-1-2-4-20(19)15-33/h1-8,11,13,23H,9-10,12,14-16H2,(H2,29,30)(H,31,35)(H,32,34)/t23-/m0/s1. The highest BCUT2D eigenvalue weighted by Gasteiger charge is 2.24. The van der Waals surface area contributed by atoms with Crippen LogP contribution in [0.5, 0.6) is 0 Å². The summed E-state index contributed by atoms with van der Waals surface area (Å²) >= 11 is 0. The number of nitrogens with one attached hydrogen (secondary N) is 2. The maximum absolute atomic E-state index is 13.7. The molecule has 0 bridgehead atoms. The molecule has 1 aliphatic heterocycles. The zero-order valence-corrected chi connectivity index (χ0v) is 19.1. The fraction of sp³-hybridized carbons (Fsp3) is 0.269. The quantitative estimate of drug-likeness (QED) is 0.461. The van der Waals surface area contributed by atoms with Crippen molar-refractivity contribution in [2.24, 2.45) is 0 Å². The van der Waals surface area contributed by atoms with Crippen LogP contribution in [0.3, 0.4) is 0 Å². The van der Waals surface area contributed by atoms with Gasteiger partial charge in [0.15, 0.2) is 11.6 Å². The molecule has 3 aromatic rings. The van der Waals surface area contributed by atoms with Crippen molar-refractivity contribution in [3.8, 4) is 0 Å². The molecule has 7 nitrogen and oxygen atoms in total. The van der Waals surface area contributed by atoms with Crippen LogP contribution in [-0.2, 0) is 35.5 Å². The summed E-state index contributed by atoms with van der Waals surface area (Å²) < 4.78 is 27.1. The Morgan fingerprint density at radius 3 is 2.54 bits per heavy atom. The summed E-state index contributed by atoms with van der Waals surface area (Å²) in [7, 11) is 0. The number of benzene rings is 2. The van der Waals surface area contributed by atoms with Crippen molar-refractivity contribution in [1.82, 2.24) is 20.5 Å². The van der Waals surface area contributed by atoms with Crippen LogP contribution in [0.1, 0.15) is 22.3 Å². The number of carbonyl (C=O) groups excluding carboxylic acids is 2. The zero-order valence-electron chi connectivity index (χ0n) is 19.1. The van der Waals surface area contributed by atoms with Crippen molar-refractivity contribution in [3.63, 3.8) is 0 Å². The Morgan fingerprint density at radius 2 is 1.80 bits per heavy atom. The molecule has 2 aromatic carbocycles. The number of amides is 2. The SMILES string of the molecule is Nc1ccc(CNC(=O)[C@H](Cc2ccc(F)c(F)c2)NC(=O)CN2CCc3ccccc3C2)cn1. The van der Waals surface area contributed by atoms with Gasteiger partial charge in [-0.1, -0.05) is 36.4 Å². The molecule has 4 rings (SSSR count). The van der Waals surface area contributed by atoms with Gasteiger partial charge < -0.3 is 16.4 Å². The van der Waals surface area contributed by atoms with Crippen molar-refractivity contribution >= 4 is 17.6 Å². The third-order valence-corrected chi connectivity index (χ3v) is 5.97. The lowest BCUT2D eigenvalue weighted by Crippen LogP contribution is -2.50. The molecule has 0 radical (unpaired) electrons. The van der Waals surface area contributed by atoms with E-state index in [4.69, 9.17) is 5.73 Å². The van der Waals surface area contributed by atoms with Gasteiger partial charge in [-0.25, -0.2) is 13.8 Å². The monoisotopic (exact) mass is 479 g/mol. The first-order valence-electron chi connectivity index (χ1n) is 11.4. The molecule has 1 aromatic heterocycles. The van der Waals surface area contributed by atoms with E-state index in [9.17, 15) is 18.4 Å². The second kappa shape index (κ2) is 11.1. The summed E-state index contributed by atoms with van der Waals surface area (Å²) in [5.74, 6) is -2.37. The maximum atomic E-state index is 13.7. The van der Waals surface area contributed by atoms with Gasteiger partial charge in [-0.05, 0) is 46.9 Å². The lowest BCUT2D eigenvalue weighted by Gasteiger charge is -2.28. The van der Waals surface area contributed by atoms with E-state index < -0.39 is 23.6 Å². The van der Waals surface area contributed by atoms with Gasteiger partial charge >= 0.3 is 0 Å². The van der Waals surface area contributed by atoms with Gasteiger partial charge in [0.1, 0.15) is 11.9 Å². The molecule has 0 saturated carbocycles. The number of hydrogen-bond donors (Lipinski definition) is 3. The van der Waals surface area contributed by atoms with Crippen LogP contribution < -0.4 is 16.4 Å². The molecule has 35 heavy (non-hydrogen) atoms. The number of anilines is 1. The number of carbonyl (C=O) groups is 2. The lowest BCUT2D eigenvalue weighted by molar-refractivity contribution is -0.129. The van der Waals surface area contributed by atoms with Gasteiger partial charge in [-0.2, -0.15) is 0 Å². The lowest BCUT2D eigenvalue weighted by atomic mass is 10.00. The Morgan fingerprint density at radius 1 is 1.03 bits per heavy atom. The molecule has 2 amide bonds. The van der Waals surface area contributed by atoms with Crippen LogP contribution in [0, 0.1) is 11.6 Å². The second-order valence-electron chi connectivity index (χ2n) is 8.61. The predicted molar refractivity (Wildman–Crippen MR) is 128 cm³/mol. The number of nitrogens with two attached hydrogens (primary N) is 1. The molecular weight excluding hydrogens is 452 g/mol. The van der Waals surface area contributed by atoms with Gasteiger partial charge in [-0.15, -0.1) is 0 Å². The van der Waals surface area contributed by atoms with E-state index in [-0.39, 0.29) is 25.4 Å². The van der Waals surface area contributed by atoms with Gasteiger partial charge in [0.05, 0.1) is 6.54 Å². The second-order valence-corrected chi connectivity index (χ2v) is 8.61. The predicted octanol–water partition coefficient (Wildman–Crippen LogP) is 2.34. The highest BCUT2D eigenvalue weighted by Crippen LogP contribution is 2.18. The summed E-state index contributed by atoms with van der Waals surface area (Å²) in [5.41, 5.74) is 9.17. The minimum Gasteiger partial charge on any atom is -0.384 e. The van der Waals surface area contributed by atoms with Crippen LogP contribution in [0.4, 0.5) is 14.6 Å². The summed E-state index contributed by atoms with van der Waals surface area (Å²) in [6.45, 7) is 1.68. The van der Waals surface area contributed by atoms with Crippen LogP contribution >= 0.6 is 0 Å². The van der Waals surface area contributed by atoms with Crippen LogP contribution in [0.2, 0.25) is 0 Å². The summed E-state index contributed by atoms with van der Waals surface area (Å²) in [5, 5.41) is 5.54. The molecule has 9 heteroatoms.